The molecule has 3 nitrogen and oxygen atoms in total. The molecule has 1 heterocycles. The molecule has 4 heteroatoms. The van der Waals surface area contributed by atoms with E-state index >= 15 is 0 Å². The van der Waals surface area contributed by atoms with Crippen LogP contribution in [0, 0.1) is 0 Å². The summed E-state index contributed by atoms with van der Waals surface area (Å²) in [6, 6.07) is 10.2. The van der Waals surface area contributed by atoms with E-state index in [1.807, 2.05) is 30.6 Å². The van der Waals surface area contributed by atoms with Gasteiger partial charge in [0.05, 0.1) is 0 Å². The molecule has 0 atom stereocenters. The van der Waals surface area contributed by atoms with E-state index < -0.39 is 0 Å². The first kappa shape index (κ1) is 13.1. The van der Waals surface area contributed by atoms with E-state index in [4.69, 9.17) is 5.73 Å². The van der Waals surface area contributed by atoms with Crippen LogP contribution in [0.3, 0.4) is 0 Å². The molecule has 0 aliphatic rings. The Morgan fingerprint density at radius 1 is 1.22 bits per heavy atom. The van der Waals surface area contributed by atoms with E-state index in [0.717, 1.165) is 22.3 Å². The van der Waals surface area contributed by atoms with Crippen molar-refractivity contribution in [2.24, 2.45) is 5.73 Å². The van der Waals surface area contributed by atoms with Gasteiger partial charge in [-0.15, -0.1) is 0 Å². The van der Waals surface area contributed by atoms with Crippen LogP contribution in [0.5, 0.6) is 0 Å². The van der Waals surface area contributed by atoms with Gasteiger partial charge in [0.25, 0.3) is 0 Å². The van der Waals surface area contributed by atoms with E-state index in [1.54, 1.807) is 0 Å². The number of nitrogens with zero attached hydrogens (tertiary/aromatic N) is 2. The summed E-state index contributed by atoms with van der Waals surface area (Å²) in [5.74, 6) is 0. The molecule has 0 aliphatic carbocycles. The standard InChI is InChI=1S/C14H16BrN3/c1-18(10-11-4-6-17-7-5-11)14-8-13(15)3-2-12(14)9-16/h2-8H,9-10,16H2,1H3. The lowest BCUT2D eigenvalue weighted by molar-refractivity contribution is 0.900. The molecule has 2 rings (SSSR count). The minimum atomic E-state index is 0.545. The topological polar surface area (TPSA) is 42.2 Å². The van der Waals surface area contributed by atoms with Gasteiger partial charge in [-0.1, -0.05) is 22.0 Å². The van der Waals surface area contributed by atoms with Crippen molar-refractivity contribution >= 4 is 21.6 Å². The molecule has 0 saturated heterocycles. The van der Waals surface area contributed by atoms with E-state index in [-0.39, 0.29) is 0 Å². The Morgan fingerprint density at radius 2 is 1.94 bits per heavy atom. The summed E-state index contributed by atoms with van der Waals surface area (Å²) in [4.78, 5) is 6.22. The van der Waals surface area contributed by atoms with Gasteiger partial charge in [-0.25, -0.2) is 0 Å². The largest absolute Gasteiger partial charge is 0.370 e. The molecular weight excluding hydrogens is 290 g/mol. The third kappa shape index (κ3) is 3.09. The van der Waals surface area contributed by atoms with Gasteiger partial charge in [-0.05, 0) is 35.4 Å². The summed E-state index contributed by atoms with van der Waals surface area (Å²) in [5.41, 5.74) is 9.32. The number of rotatable bonds is 4. The highest BCUT2D eigenvalue weighted by molar-refractivity contribution is 9.10. The first-order chi connectivity index (χ1) is 8.70. The zero-order valence-electron chi connectivity index (χ0n) is 10.3. The first-order valence-corrected chi connectivity index (χ1v) is 6.58. The van der Waals surface area contributed by atoms with Crippen LogP contribution in [0.4, 0.5) is 5.69 Å². The maximum atomic E-state index is 5.78. The summed E-state index contributed by atoms with van der Waals surface area (Å²) >= 11 is 3.50. The molecule has 1 aromatic carbocycles. The van der Waals surface area contributed by atoms with Crippen LogP contribution in [0.25, 0.3) is 0 Å². The molecule has 2 aromatic rings. The fraction of sp³-hybridized carbons (Fsp3) is 0.214. The Labute approximate surface area is 116 Å². The molecule has 18 heavy (non-hydrogen) atoms. The Bertz CT molecular complexity index is 514. The van der Waals surface area contributed by atoms with Crippen molar-refractivity contribution in [2.75, 3.05) is 11.9 Å². The zero-order valence-corrected chi connectivity index (χ0v) is 11.9. The van der Waals surface area contributed by atoms with Crippen molar-refractivity contribution in [2.45, 2.75) is 13.1 Å². The predicted molar refractivity (Wildman–Crippen MR) is 78.4 cm³/mol. The second-order valence-corrected chi connectivity index (χ2v) is 5.10. The Balaban J connectivity index is 2.23. The minimum Gasteiger partial charge on any atom is -0.370 e. The van der Waals surface area contributed by atoms with E-state index in [9.17, 15) is 0 Å². The Morgan fingerprint density at radius 3 is 2.61 bits per heavy atom. The third-order valence-corrected chi connectivity index (χ3v) is 3.34. The maximum Gasteiger partial charge on any atom is 0.0427 e. The van der Waals surface area contributed by atoms with Gasteiger partial charge in [0.1, 0.15) is 0 Å². The summed E-state index contributed by atoms with van der Waals surface area (Å²) in [7, 11) is 2.07. The van der Waals surface area contributed by atoms with Crippen LogP contribution in [-0.4, -0.2) is 12.0 Å². The van der Waals surface area contributed by atoms with Crippen LogP contribution in [0.1, 0.15) is 11.1 Å². The lowest BCUT2D eigenvalue weighted by Crippen LogP contribution is -2.19. The van der Waals surface area contributed by atoms with Crippen molar-refractivity contribution in [1.82, 2.24) is 4.98 Å². The van der Waals surface area contributed by atoms with Gasteiger partial charge in [-0.2, -0.15) is 0 Å². The molecule has 1 aromatic heterocycles. The number of aromatic nitrogens is 1. The smallest absolute Gasteiger partial charge is 0.0427 e. The lowest BCUT2D eigenvalue weighted by Gasteiger charge is -2.22. The van der Waals surface area contributed by atoms with Gasteiger partial charge in [0.2, 0.25) is 0 Å². The maximum absolute atomic E-state index is 5.78. The minimum absolute atomic E-state index is 0.545. The second kappa shape index (κ2) is 5.98. The van der Waals surface area contributed by atoms with Crippen LogP contribution in [0.15, 0.2) is 47.2 Å². The molecule has 0 fully saturated rings. The molecule has 0 amide bonds. The van der Waals surface area contributed by atoms with Crippen molar-refractivity contribution in [3.05, 3.63) is 58.3 Å². The van der Waals surface area contributed by atoms with Crippen LogP contribution in [-0.2, 0) is 13.1 Å². The number of benzene rings is 1. The molecule has 0 saturated carbocycles. The van der Waals surface area contributed by atoms with Crippen LogP contribution < -0.4 is 10.6 Å². The number of halogens is 1. The summed E-state index contributed by atoms with van der Waals surface area (Å²) in [6.45, 7) is 1.38. The molecular formula is C14H16BrN3. The monoisotopic (exact) mass is 305 g/mol. The number of pyridine rings is 1. The average molecular weight is 306 g/mol. The van der Waals surface area contributed by atoms with E-state index in [2.05, 4.69) is 45.0 Å². The Hall–Kier alpha value is -1.39. The summed E-state index contributed by atoms with van der Waals surface area (Å²) in [5, 5.41) is 0. The van der Waals surface area contributed by atoms with Gasteiger partial charge in [0.15, 0.2) is 0 Å². The van der Waals surface area contributed by atoms with Crippen LogP contribution in [0.2, 0.25) is 0 Å². The van der Waals surface area contributed by atoms with Gasteiger partial charge in [0, 0.05) is 42.7 Å². The number of hydrogen-bond donors (Lipinski definition) is 1. The predicted octanol–water partition coefficient (Wildman–Crippen LogP) is 2.94. The quantitative estimate of drug-likeness (QED) is 0.944. The number of nitrogens with two attached hydrogens (primary N) is 1. The highest BCUT2D eigenvalue weighted by atomic mass is 79.9. The fourth-order valence-corrected chi connectivity index (χ4v) is 2.26. The normalized spacial score (nSPS) is 10.4. The fourth-order valence-electron chi connectivity index (χ4n) is 1.91. The molecule has 0 unspecified atom stereocenters. The van der Waals surface area contributed by atoms with Crippen molar-refractivity contribution < 1.29 is 0 Å². The number of hydrogen-bond acceptors (Lipinski definition) is 3. The molecule has 0 radical (unpaired) electrons. The van der Waals surface area contributed by atoms with Crippen molar-refractivity contribution in [3.63, 3.8) is 0 Å². The molecule has 0 spiro atoms. The molecule has 2 N–H and O–H groups in total. The highest BCUT2D eigenvalue weighted by Gasteiger charge is 2.07. The van der Waals surface area contributed by atoms with Gasteiger partial charge in [-0.3, -0.25) is 4.98 Å². The molecule has 0 aliphatic heterocycles. The average Bonchev–Trinajstić information content (AvgIpc) is 2.40. The number of anilines is 1. The van der Waals surface area contributed by atoms with E-state index in [0.29, 0.717) is 6.54 Å². The summed E-state index contributed by atoms with van der Waals surface area (Å²) in [6.07, 6.45) is 3.63. The zero-order chi connectivity index (χ0) is 13.0. The van der Waals surface area contributed by atoms with Gasteiger partial charge < -0.3 is 10.6 Å². The van der Waals surface area contributed by atoms with Gasteiger partial charge >= 0.3 is 0 Å². The lowest BCUT2D eigenvalue weighted by atomic mass is 10.1. The molecule has 0 bridgehead atoms. The summed E-state index contributed by atoms with van der Waals surface area (Å²) < 4.78 is 1.07. The van der Waals surface area contributed by atoms with Crippen molar-refractivity contribution in [1.29, 1.82) is 0 Å². The van der Waals surface area contributed by atoms with Crippen LogP contribution >= 0.6 is 15.9 Å². The van der Waals surface area contributed by atoms with Crippen molar-refractivity contribution in [3.8, 4) is 0 Å². The highest BCUT2D eigenvalue weighted by Crippen LogP contribution is 2.25. The third-order valence-electron chi connectivity index (χ3n) is 2.85. The first-order valence-electron chi connectivity index (χ1n) is 5.79. The Kier molecular flexibility index (Phi) is 4.33. The SMILES string of the molecule is CN(Cc1ccncc1)c1cc(Br)ccc1CN. The second-order valence-electron chi connectivity index (χ2n) is 4.19. The molecule has 94 valence electrons. The van der Waals surface area contributed by atoms with E-state index in [1.165, 1.54) is 5.56 Å².